The smallest absolute Gasteiger partial charge is 0.250 e. The number of hydrogen-bond acceptors (Lipinski definition) is 2. The van der Waals surface area contributed by atoms with Crippen LogP contribution in [0, 0.1) is 0 Å². The Morgan fingerprint density at radius 3 is 3.00 bits per heavy atom. The van der Waals surface area contributed by atoms with Gasteiger partial charge in [-0.2, -0.15) is 0 Å². The zero-order valence-corrected chi connectivity index (χ0v) is 9.79. The van der Waals surface area contributed by atoms with Crippen molar-refractivity contribution in [2.45, 2.75) is 25.8 Å². The zero-order valence-electron chi connectivity index (χ0n) is 9.03. The summed E-state index contributed by atoms with van der Waals surface area (Å²) >= 11 is 5.89. The summed E-state index contributed by atoms with van der Waals surface area (Å²) in [6.45, 7) is 2.04. The van der Waals surface area contributed by atoms with Gasteiger partial charge in [-0.1, -0.05) is 37.1 Å². The molecular weight excluding hydrogens is 224 g/mol. The first-order valence-corrected chi connectivity index (χ1v) is 5.73. The Morgan fingerprint density at radius 2 is 2.31 bits per heavy atom. The van der Waals surface area contributed by atoms with Gasteiger partial charge in [-0.05, 0) is 18.6 Å². The molecule has 1 aliphatic rings. The molecule has 1 aromatic carbocycles. The molecule has 0 aromatic heterocycles. The van der Waals surface area contributed by atoms with E-state index >= 15 is 0 Å². The summed E-state index contributed by atoms with van der Waals surface area (Å²) in [6, 6.07) is 7.10. The number of carbonyl (C=O) groups excluding carboxylic acids is 1. The molecule has 1 aliphatic heterocycles. The average Bonchev–Trinajstić information content (AvgIpc) is 2.61. The number of amidine groups is 1. The van der Waals surface area contributed by atoms with Gasteiger partial charge < -0.3 is 5.32 Å². The van der Waals surface area contributed by atoms with Gasteiger partial charge in [-0.15, -0.1) is 0 Å². The number of nitrogens with zero attached hydrogens (tertiary/aromatic N) is 1. The lowest BCUT2D eigenvalue weighted by atomic mass is 10.2. The zero-order chi connectivity index (χ0) is 11.5. The van der Waals surface area contributed by atoms with E-state index < -0.39 is 0 Å². The average molecular weight is 237 g/mol. The Morgan fingerprint density at radius 1 is 1.50 bits per heavy atom. The summed E-state index contributed by atoms with van der Waals surface area (Å²) in [5.74, 6) is 0.614. The highest BCUT2D eigenvalue weighted by molar-refractivity contribution is 6.31. The second-order valence-corrected chi connectivity index (χ2v) is 4.22. The number of hydrogen-bond donors (Lipinski definition) is 1. The number of nitrogens with one attached hydrogen (secondary N) is 1. The molecule has 1 N–H and O–H groups in total. The molecule has 1 unspecified atom stereocenters. The number of carbonyl (C=O) groups is 1. The molecular formula is C12H13ClN2O. The van der Waals surface area contributed by atoms with Crippen LogP contribution >= 0.6 is 11.6 Å². The van der Waals surface area contributed by atoms with Crippen LogP contribution in [0.3, 0.4) is 0 Å². The molecule has 1 aromatic rings. The molecule has 0 bridgehead atoms. The minimum Gasteiger partial charge on any atom is -0.309 e. The second-order valence-electron chi connectivity index (χ2n) is 3.78. The van der Waals surface area contributed by atoms with Crippen molar-refractivity contribution in [3.63, 3.8) is 0 Å². The van der Waals surface area contributed by atoms with E-state index in [0.717, 1.165) is 18.4 Å². The minimum absolute atomic E-state index is 0.0168. The van der Waals surface area contributed by atoms with Crippen LogP contribution in [0.2, 0.25) is 5.02 Å². The van der Waals surface area contributed by atoms with E-state index in [-0.39, 0.29) is 11.9 Å². The van der Waals surface area contributed by atoms with Crippen molar-refractivity contribution in [3.05, 3.63) is 34.9 Å². The topological polar surface area (TPSA) is 41.5 Å². The van der Waals surface area contributed by atoms with Gasteiger partial charge >= 0.3 is 0 Å². The maximum absolute atomic E-state index is 11.6. The van der Waals surface area contributed by atoms with Crippen LogP contribution < -0.4 is 5.32 Å². The van der Waals surface area contributed by atoms with Crippen LogP contribution in [0.15, 0.2) is 29.3 Å². The first-order valence-electron chi connectivity index (χ1n) is 5.35. The molecule has 2 rings (SSSR count). The molecule has 0 aliphatic carbocycles. The summed E-state index contributed by atoms with van der Waals surface area (Å²) in [4.78, 5) is 15.9. The molecule has 0 saturated heterocycles. The highest BCUT2D eigenvalue weighted by Crippen LogP contribution is 2.15. The molecule has 1 atom stereocenters. The van der Waals surface area contributed by atoms with Gasteiger partial charge in [-0.3, -0.25) is 9.79 Å². The fraction of sp³-hybridized carbons (Fsp3) is 0.333. The third-order valence-corrected chi connectivity index (χ3v) is 2.72. The van der Waals surface area contributed by atoms with E-state index in [2.05, 4.69) is 10.3 Å². The summed E-state index contributed by atoms with van der Waals surface area (Å²) < 4.78 is 0. The molecule has 0 saturated carbocycles. The van der Waals surface area contributed by atoms with Crippen LogP contribution in [0.25, 0.3) is 0 Å². The lowest BCUT2D eigenvalue weighted by Gasteiger charge is -2.00. The lowest BCUT2D eigenvalue weighted by Crippen LogP contribution is -2.29. The summed E-state index contributed by atoms with van der Waals surface area (Å²) in [7, 11) is 0. The van der Waals surface area contributed by atoms with Crippen molar-refractivity contribution < 1.29 is 4.79 Å². The minimum atomic E-state index is -0.237. The van der Waals surface area contributed by atoms with Crippen LogP contribution in [-0.2, 0) is 4.79 Å². The first kappa shape index (κ1) is 11.1. The van der Waals surface area contributed by atoms with Crippen LogP contribution in [0.4, 0.5) is 0 Å². The molecule has 1 heterocycles. The van der Waals surface area contributed by atoms with Crippen LogP contribution in [0.5, 0.6) is 0 Å². The monoisotopic (exact) mass is 236 g/mol. The fourth-order valence-corrected chi connectivity index (χ4v) is 1.89. The SMILES string of the molecule is CCCC1N=C(c2cccc(Cl)c2)NC1=O. The Balaban J connectivity index is 2.23. The summed E-state index contributed by atoms with van der Waals surface area (Å²) in [6.07, 6.45) is 1.74. The number of rotatable bonds is 3. The van der Waals surface area contributed by atoms with E-state index in [9.17, 15) is 4.79 Å². The van der Waals surface area contributed by atoms with E-state index in [4.69, 9.17) is 11.6 Å². The number of halogens is 1. The molecule has 0 radical (unpaired) electrons. The Hall–Kier alpha value is -1.35. The van der Waals surface area contributed by atoms with E-state index in [1.165, 1.54) is 0 Å². The molecule has 4 heteroatoms. The van der Waals surface area contributed by atoms with Crippen molar-refractivity contribution in [1.82, 2.24) is 5.32 Å². The van der Waals surface area contributed by atoms with E-state index in [1.54, 1.807) is 12.1 Å². The van der Waals surface area contributed by atoms with E-state index in [0.29, 0.717) is 10.9 Å². The molecule has 3 nitrogen and oxygen atoms in total. The predicted molar refractivity (Wildman–Crippen MR) is 64.8 cm³/mol. The maximum Gasteiger partial charge on any atom is 0.250 e. The van der Waals surface area contributed by atoms with Crippen molar-refractivity contribution >= 4 is 23.3 Å². The van der Waals surface area contributed by atoms with Gasteiger partial charge in [0.1, 0.15) is 11.9 Å². The highest BCUT2D eigenvalue weighted by Gasteiger charge is 2.25. The number of benzene rings is 1. The summed E-state index contributed by atoms with van der Waals surface area (Å²) in [5.41, 5.74) is 0.861. The predicted octanol–water partition coefficient (Wildman–Crippen LogP) is 2.39. The molecule has 0 spiro atoms. The number of amides is 1. The number of aliphatic imine (C=N–C) groups is 1. The molecule has 0 fully saturated rings. The summed E-state index contributed by atoms with van der Waals surface area (Å²) in [5, 5.41) is 3.43. The van der Waals surface area contributed by atoms with Gasteiger partial charge in [0.05, 0.1) is 0 Å². The Labute approximate surface area is 99.5 Å². The van der Waals surface area contributed by atoms with Crippen LogP contribution in [0.1, 0.15) is 25.3 Å². The van der Waals surface area contributed by atoms with Crippen molar-refractivity contribution in [2.75, 3.05) is 0 Å². The molecule has 16 heavy (non-hydrogen) atoms. The fourth-order valence-electron chi connectivity index (χ4n) is 1.70. The van der Waals surface area contributed by atoms with Crippen molar-refractivity contribution in [3.8, 4) is 0 Å². The van der Waals surface area contributed by atoms with Crippen LogP contribution in [-0.4, -0.2) is 17.8 Å². The Kier molecular flexibility index (Phi) is 3.25. The third-order valence-electron chi connectivity index (χ3n) is 2.49. The first-order chi connectivity index (χ1) is 7.70. The normalized spacial score (nSPS) is 19.5. The quantitative estimate of drug-likeness (QED) is 0.860. The van der Waals surface area contributed by atoms with E-state index in [1.807, 2.05) is 19.1 Å². The van der Waals surface area contributed by atoms with Crippen molar-refractivity contribution in [1.29, 1.82) is 0 Å². The largest absolute Gasteiger partial charge is 0.309 e. The van der Waals surface area contributed by atoms with Crippen molar-refractivity contribution in [2.24, 2.45) is 4.99 Å². The van der Waals surface area contributed by atoms with Gasteiger partial charge in [0.25, 0.3) is 0 Å². The maximum atomic E-state index is 11.6. The van der Waals surface area contributed by atoms with Gasteiger partial charge in [0.2, 0.25) is 5.91 Å². The Bertz CT molecular complexity index is 442. The molecule has 84 valence electrons. The second kappa shape index (κ2) is 4.66. The highest BCUT2D eigenvalue weighted by atomic mass is 35.5. The van der Waals surface area contributed by atoms with Gasteiger partial charge in [0.15, 0.2) is 0 Å². The standard InChI is InChI=1S/C12H13ClN2O/c1-2-4-10-12(16)15-11(14-10)8-5-3-6-9(13)7-8/h3,5-7,10H,2,4H2,1H3,(H,14,15,16). The molecule has 1 amide bonds. The van der Waals surface area contributed by atoms with Gasteiger partial charge in [-0.25, -0.2) is 0 Å². The van der Waals surface area contributed by atoms with Gasteiger partial charge in [0, 0.05) is 10.6 Å². The third kappa shape index (κ3) is 2.25. The lowest BCUT2D eigenvalue weighted by molar-refractivity contribution is -0.120.